The standard InChI is InChI=1S/C17H24F2O3/c1-9-7-14-13(11(3)16(18)19)6-5-10(2)17(14,21)8-15(9)22-12(4)20/h7,10,13-15,21H,5-6,8H2,1-4H3/t10-,13+,14+,15-,17-/m1/s1. The maximum absolute atomic E-state index is 13.0. The molecular weight excluding hydrogens is 290 g/mol. The summed E-state index contributed by atoms with van der Waals surface area (Å²) in [6.45, 7) is 6.54. The maximum Gasteiger partial charge on any atom is 0.303 e. The van der Waals surface area contributed by atoms with Crippen LogP contribution in [0.25, 0.3) is 0 Å². The largest absolute Gasteiger partial charge is 0.458 e. The quantitative estimate of drug-likeness (QED) is 0.622. The van der Waals surface area contributed by atoms with Gasteiger partial charge in [-0.3, -0.25) is 4.79 Å². The molecule has 0 radical (unpaired) electrons. The third-order valence-electron chi connectivity index (χ3n) is 5.40. The molecule has 0 aromatic carbocycles. The minimum absolute atomic E-state index is 0.0216. The zero-order valence-corrected chi connectivity index (χ0v) is 13.5. The Bertz CT molecular complexity index is 522. The second-order valence-corrected chi connectivity index (χ2v) is 6.76. The van der Waals surface area contributed by atoms with Crippen LogP contribution in [-0.4, -0.2) is 22.8 Å². The first kappa shape index (κ1) is 17.1. The molecular formula is C17H24F2O3. The van der Waals surface area contributed by atoms with Gasteiger partial charge in [0.1, 0.15) is 6.10 Å². The van der Waals surface area contributed by atoms with Crippen LogP contribution in [0.15, 0.2) is 23.3 Å². The molecule has 0 bridgehead atoms. The molecule has 1 fully saturated rings. The van der Waals surface area contributed by atoms with Gasteiger partial charge in [-0.15, -0.1) is 0 Å². The third kappa shape index (κ3) is 2.96. The van der Waals surface area contributed by atoms with E-state index in [4.69, 9.17) is 4.74 Å². The number of halogens is 2. The van der Waals surface area contributed by atoms with Crippen LogP contribution in [0.5, 0.6) is 0 Å². The van der Waals surface area contributed by atoms with Gasteiger partial charge in [-0.1, -0.05) is 13.0 Å². The van der Waals surface area contributed by atoms with Crippen LogP contribution in [0.2, 0.25) is 0 Å². The number of fused-ring (bicyclic) bond motifs is 1. The molecule has 0 amide bonds. The van der Waals surface area contributed by atoms with Crippen molar-refractivity contribution in [3.63, 3.8) is 0 Å². The monoisotopic (exact) mass is 314 g/mol. The van der Waals surface area contributed by atoms with Crippen molar-refractivity contribution in [2.24, 2.45) is 17.8 Å². The lowest BCUT2D eigenvalue weighted by molar-refractivity contribution is -0.156. The summed E-state index contributed by atoms with van der Waals surface area (Å²) in [7, 11) is 0. The fraction of sp³-hybridized carbons (Fsp3) is 0.706. The minimum atomic E-state index is -1.66. The maximum atomic E-state index is 13.0. The number of allylic oxidation sites excluding steroid dienone is 1. The van der Waals surface area contributed by atoms with E-state index in [1.54, 1.807) is 0 Å². The molecule has 1 N–H and O–H groups in total. The SMILES string of the molecule is CC(=O)O[C@@H]1C[C@@]2(O)[C@H](C)CC[C@@H](C(C)=C(F)F)[C@@H]2C=C1C. The Labute approximate surface area is 130 Å². The van der Waals surface area contributed by atoms with Crippen LogP contribution < -0.4 is 0 Å². The van der Waals surface area contributed by atoms with Crippen molar-refractivity contribution >= 4 is 5.97 Å². The normalized spacial score (nSPS) is 37.9. The number of carbonyl (C=O) groups excluding carboxylic acids is 1. The Balaban J connectivity index is 2.41. The van der Waals surface area contributed by atoms with E-state index in [-0.39, 0.29) is 29.7 Å². The summed E-state index contributed by atoms with van der Waals surface area (Å²) in [5.41, 5.74) is -0.222. The molecule has 0 unspecified atom stereocenters. The number of rotatable bonds is 2. The molecule has 0 heterocycles. The van der Waals surface area contributed by atoms with Crippen molar-refractivity contribution in [1.29, 1.82) is 0 Å². The van der Waals surface area contributed by atoms with Crippen LogP contribution in [0, 0.1) is 17.8 Å². The second kappa shape index (κ2) is 6.11. The lowest BCUT2D eigenvalue weighted by atomic mass is 9.58. The number of ether oxygens (including phenoxy) is 1. The van der Waals surface area contributed by atoms with E-state index in [2.05, 4.69) is 0 Å². The summed E-state index contributed by atoms with van der Waals surface area (Å²) in [6.07, 6.45) is 1.30. The Morgan fingerprint density at radius 3 is 2.55 bits per heavy atom. The molecule has 2 aliphatic carbocycles. The van der Waals surface area contributed by atoms with Gasteiger partial charge in [-0.25, -0.2) is 0 Å². The van der Waals surface area contributed by atoms with Crippen LogP contribution in [-0.2, 0) is 9.53 Å². The zero-order chi connectivity index (χ0) is 16.7. The molecule has 2 rings (SSSR count). The molecule has 5 atom stereocenters. The van der Waals surface area contributed by atoms with Gasteiger partial charge in [0.15, 0.2) is 0 Å². The fourth-order valence-electron chi connectivity index (χ4n) is 3.94. The molecule has 5 heteroatoms. The summed E-state index contributed by atoms with van der Waals surface area (Å²) in [4.78, 5) is 11.2. The molecule has 0 aromatic rings. The molecule has 1 saturated carbocycles. The number of aliphatic hydroxyl groups is 1. The van der Waals surface area contributed by atoms with Gasteiger partial charge in [0.2, 0.25) is 0 Å². The topological polar surface area (TPSA) is 46.5 Å². The Morgan fingerprint density at radius 1 is 1.36 bits per heavy atom. The molecule has 22 heavy (non-hydrogen) atoms. The summed E-state index contributed by atoms with van der Waals surface area (Å²) < 4.78 is 31.4. The van der Waals surface area contributed by atoms with Crippen molar-refractivity contribution in [2.45, 2.75) is 58.7 Å². The fourth-order valence-corrected chi connectivity index (χ4v) is 3.94. The smallest absolute Gasteiger partial charge is 0.303 e. The van der Waals surface area contributed by atoms with Gasteiger partial charge in [0, 0.05) is 19.3 Å². The molecule has 0 spiro atoms. The molecule has 3 nitrogen and oxygen atoms in total. The average Bonchev–Trinajstić information content (AvgIpc) is 2.41. The van der Waals surface area contributed by atoms with Crippen LogP contribution in [0.4, 0.5) is 8.78 Å². The molecule has 0 aliphatic heterocycles. The van der Waals surface area contributed by atoms with Gasteiger partial charge < -0.3 is 9.84 Å². The highest BCUT2D eigenvalue weighted by molar-refractivity contribution is 5.66. The number of hydrogen-bond donors (Lipinski definition) is 1. The predicted octanol–water partition coefficient (Wildman–Crippen LogP) is 3.83. The number of esters is 1. The Kier molecular flexibility index (Phi) is 4.76. The first-order valence-electron chi connectivity index (χ1n) is 7.76. The van der Waals surface area contributed by atoms with E-state index in [9.17, 15) is 18.7 Å². The first-order valence-corrected chi connectivity index (χ1v) is 7.76. The highest BCUT2D eigenvalue weighted by Crippen LogP contribution is 2.51. The van der Waals surface area contributed by atoms with E-state index < -0.39 is 23.8 Å². The van der Waals surface area contributed by atoms with E-state index in [1.165, 1.54) is 13.8 Å². The van der Waals surface area contributed by atoms with Crippen molar-refractivity contribution in [2.75, 3.05) is 0 Å². The van der Waals surface area contributed by atoms with E-state index in [1.807, 2.05) is 19.9 Å². The van der Waals surface area contributed by atoms with Crippen LogP contribution in [0.1, 0.15) is 47.0 Å². The molecule has 124 valence electrons. The summed E-state index contributed by atoms with van der Waals surface area (Å²) in [5, 5.41) is 11.2. The molecule has 2 aliphatic rings. The van der Waals surface area contributed by atoms with Gasteiger partial charge in [0.05, 0.1) is 5.60 Å². The molecule has 0 saturated heterocycles. The highest BCUT2D eigenvalue weighted by Gasteiger charge is 2.52. The summed E-state index contributed by atoms with van der Waals surface area (Å²) in [6, 6.07) is 0. The van der Waals surface area contributed by atoms with Crippen molar-refractivity contribution in [1.82, 2.24) is 0 Å². The van der Waals surface area contributed by atoms with Gasteiger partial charge >= 0.3 is 5.97 Å². The highest BCUT2D eigenvalue weighted by atomic mass is 19.3. The Morgan fingerprint density at radius 2 is 2.00 bits per heavy atom. The predicted molar refractivity (Wildman–Crippen MR) is 79.2 cm³/mol. The van der Waals surface area contributed by atoms with Gasteiger partial charge in [0.25, 0.3) is 6.08 Å². The lowest BCUT2D eigenvalue weighted by Gasteiger charge is -2.51. The molecule has 0 aromatic heterocycles. The summed E-state index contributed by atoms with van der Waals surface area (Å²) in [5.74, 6) is -1.14. The minimum Gasteiger partial charge on any atom is -0.458 e. The lowest BCUT2D eigenvalue weighted by Crippen LogP contribution is -2.54. The van der Waals surface area contributed by atoms with Crippen LogP contribution in [0.3, 0.4) is 0 Å². The number of hydrogen-bond acceptors (Lipinski definition) is 3. The third-order valence-corrected chi connectivity index (χ3v) is 5.40. The van der Waals surface area contributed by atoms with Crippen molar-refractivity contribution < 1.29 is 23.4 Å². The zero-order valence-electron chi connectivity index (χ0n) is 13.5. The van der Waals surface area contributed by atoms with E-state index >= 15 is 0 Å². The van der Waals surface area contributed by atoms with Gasteiger partial charge in [-0.05, 0) is 49.7 Å². The van der Waals surface area contributed by atoms with E-state index in [0.29, 0.717) is 12.8 Å². The Hall–Kier alpha value is -1.23. The number of carbonyl (C=O) groups is 1. The van der Waals surface area contributed by atoms with Gasteiger partial charge in [-0.2, -0.15) is 8.78 Å². The first-order chi connectivity index (χ1) is 10.2. The summed E-state index contributed by atoms with van der Waals surface area (Å²) >= 11 is 0. The van der Waals surface area contributed by atoms with Crippen molar-refractivity contribution in [3.8, 4) is 0 Å². The van der Waals surface area contributed by atoms with E-state index in [0.717, 1.165) is 5.57 Å². The van der Waals surface area contributed by atoms with Crippen LogP contribution >= 0.6 is 0 Å². The second-order valence-electron chi connectivity index (χ2n) is 6.76. The van der Waals surface area contributed by atoms with Crippen molar-refractivity contribution in [3.05, 3.63) is 23.3 Å². The average molecular weight is 314 g/mol.